The van der Waals surface area contributed by atoms with E-state index in [-0.39, 0.29) is 17.8 Å². The van der Waals surface area contributed by atoms with E-state index in [1.54, 1.807) is 29.2 Å². The summed E-state index contributed by atoms with van der Waals surface area (Å²) in [5.41, 5.74) is 8.16. The summed E-state index contributed by atoms with van der Waals surface area (Å²) in [5, 5.41) is 4.01. The normalized spacial score (nSPS) is 17.9. The van der Waals surface area contributed by atoms with Crippen molar-refractivity contribution >= 4 is 34.4 Å². The monoisotopic (exact) mass is 554 g/mol. The molecule has 208 valence electrons. The number of carbonyl (C=O) groups excluding carboxylic acids is 3. The number of H-pyrrole nitrogens is 1. The molecule has 2 aliphatic rings. The SMILES string of the molecule is Cc1ccc(CNC(=O)c2ccc(N3C(=O)[C@@H]4Cc5c([nH]c6ccccc56)[C@H](c5ccc(C)cc5)N4C3=O)cc2)cc1. The van der Waals surface area contributed by atoms with Crippen molar-refractivity contribution in [1.29, 1.82) is 0 Å². The second-order valence-corrected chi connectivity index (χ2v) is 11.2. The molecule has 4 aromatic carbocycles. The van der Waals surface area contributed by atoms with Gasteiger partial charge in [0.05, 0.1) is 5.69 Å². The van der Waals surface area contributed by atoms with E-state index >= 15 is 0 Å². The zero-order valence-corrected chi connectivity index (χ0v) is 23.4. The number of carbonyl (C=O) groups is 3. The van der Waals surface area contributed by atoms with E-state index in [0.717, 1.165) is 44.4 Å². The van der Waals surface area contributed by atoms with Crippen LogP contribution in [0, 0.1) is 13.8 Å². The average Bonchev–Trinajstić information content (AvgIpc) is 3.50. The first-order valence-electron chi connectivity index (χ1n) is 14.1. The number of benzene rings is 4. The van der Waals surface area contributed by atoms with Crippen molar-refractivity contribution in [3.05, 3.63) is 136 Å². The van der Waals surface area contributed by atoms with Gasteiger partial charge >= 0.3 is 6.03 Å². The number of hydrogen-bond donors (Lipinski definition) is 2. The fraction of sp³-hybridized carbons (Fsp3) is 0.171. The molecule has 2 aliphatic heterocycles. The van der Waals surface area contributed by atoms with Gasteiger partial charge in [-0.15, -0.1) is 0 Å². The lowest BCUT2D eigenvalue weighted by atomic mass is 9.88. The van der Waals surface area contributed by atoms with Gasteiger partial charge < -0.3 is 10.3 Å². The van der Waals surface area contributed by atoms with E-state index in [2.05, 4.69) is 16.4 Å². The van der Waals surface area contributed by atoms with E-state index in [4.69, 9.17) is 0 Å². The Morgan fingerprint density at radius 2 is 1.52 bits per heavy atom. The second kappa shape index (κ2) is 10.0. The van der Waals surface area contributed by atoms with Crippen LogP contribution in [0.2, 0.25) is 0 Å². The first-order chi connectivity index (χ1) is 20.4. The van der Waals surface area contributed by atoms with Gasteiger partial charge in [-0.25, -0.2) is 9.69 Å². The number of amides is 4. The van der Waals surface area contributed by atoms with E-state index in [1.165, 1.54) is 4.90 Å². The first-order valence-corrected chi connectivity index (χ1v) is 14.1. The van der Waals surface area contributed by atoms with Gasteiger partial charge in [0.25, 0.3) is 11.8 Å². The maximum Gasteiger partial charge on any atom is 0.332 e. The highest BCUT2D eigenvalue weighted by molar-refractivity contribution is 6.22. The van der Waals surface area contributed by atoms with Gasteiger partial charge in [0.1, 0.15) is 12.1 Å². The van der Waals surface area contributed by atoms with E-state index < -0.39 is 12.1 Å². The minimum absolute atomic E-state index is 0.219. The van der Waals surface area contributed by atoms with Gasteiger partial charge in [0.2, 0.25) is 0 Å². The highest BCUT2D eigenvalue weighted by atomic mass is 16.2. The molecule has 0 spiro atoms. The van der Waals surface area contributed by atoms with Gasteiger partial charge in [-0.05, 0) is 60.9 Å². The molecule has 1 fully saturated rings. The standard InChI is InChI=1S/C35H30N4O3/c1-21-7-11-23(12-8-21)20-36-33(40)25-15-17-26(18-16-25)38-34(41)30-19-28-27-5-3-4-6-29(27)37-31(28)32(39(30)35(38)42)24-13-9-22(2)10-14-24/h3-18,30,32,37H,19-20H2,1-2H3,(H,36,40)/t30-,32-/m0/s1. The zero-order chi connectivity index (χ0) is 29.0. The Morgan fingerprint density at radius 1 is 0.857 bits per heavy atom. The number of anilines is 1. The van der Waals surface area contributed by atoms with Crippen molar-refractivity contribution in [3.8, 4) is 0 Å². The predicted molar refractivity (Wildman–Crippen MR) is 162 cm³/mol. The number of nitrogens with one attached hydrogen (secondary N) is 2. The molecule has 0 aliphatic carbocycles. The number of fused-ring (bicyclic) bond motifs is 4. The van der Waals surface area contributed by atoms with Gasteiger partial charge in [-0.3, -0.25) is 14.5 Å². The molecule has 4 amide bonds. The maximum absolute atomic E-state index is 14.1. The first kappa shape index (κ1) is 25.8. The maximum atomic E-state index is 14.1. The van der Waals surface area contributed by atoms with Gasteiger partial charge in [-0.1, -0.05) is 77.9 Å². The minimum atomic E-state index is -0.631. The molecule has 7 rings (SSSR count). The molecule has 3 heterocycles. The number of hydrogen-bond acceptors (Lipinski definition) is 3. The zero-order valence-electron chi connectivity index (χ0n) is 23.4. The Hall–Kier alpha value is -5.17. The van der Waals surface area contributed by atoms with E-state index in [0.29, 0.717) is 24.2 Å². The molecule has 1 aromatic heterocycles. The lowest BCUT2D eigenvalue weighted by Crippen LogP contribution is -2.44. The number of aromatic nitrogens is 1. The Bertz CT molecular complexity index is 1840. The molecule has 0 saturated carbocycles. The predicted octanol–water partition coefficient (Wildman–Crippen LogP) is 6.20. The highest BCUT2D eigenvalue weighted by Gasteiger charge is 2.53. The Kier molecular flexibility index (Phi) is 6.16. The van der Waals surface area contributed by atoms with E-state index in [9.17, 15) is 14.4 Å². The third-order valence-electron chi connectivity index (χ3n) is 8.40. The molecular formula is C35H30N4O3. The molecule has 0 radical (unpaired) electrons. The van der Waals surface area contributed by atoms with E-state index in [1.807, 2.05) is 80.6 Å². The number of rotatable bonds is 5. The van der Waals surface area contributed by atoms with Gasteiger partial charge in [0.15, 0.2) is 0 Å². The van der Waals surface area contributed by atoms with Crippen LogP contribution in [0.3, 0.4) is 0 Å². The number of nitrogens with zero attached hydrogens (tertiary/aromatic N) is 2. The smallest absolute Gasteiger partial charge is 0.332 e. The third kappa shape index (κ3) is 4.25. The fourth-order valence-electron chi connectivity index (χ4n) is 6.16. The Labute approximate surface area is 243 Å². The van der Waals surface area contributed by atoms with Crippen LogP contribution in [0.25, 0.3) is 10.9 Å². The highest BCUT2D eigenvalue weighted by Crippen LogP contribution is 2.44. The molecule has 0 unspecified atom stereocenters. The quantitative estimate of drug-likeness (QED) is 0.254. The topological polar surface area (TPSA) is 85.5 Å². The van der Waals surface area contributed by atoms with Crippen molar-refractivity contribution in [2.24, 2.45) is 0 Å². The van der Waals surface area contributed by atoms with Crippen LogP contribution in [0.1, 0.15) is 49.9 Å². The molecule has 2 atom stereocenters. The van der Waals surface area contributed by atoms with Gasteiger partial charge in [-0.2, -0.15) is 0 Å². The van der Waals surface area contributed by atoms with Crippen LogP contribution in [0.15, 0.2) is 97.1 Å². The van der Waals surface area contributed by atoms with Crippen molar-refractivity contribution < 1.29 is 14.4 Å². The van der Waals surface area contributed by atoms with Crippen LogP contribution >= 0.6 is 0 Å². The van der Waals surface area contributed by atoms with Crippen molar-refractivity contribution in [1.82, 2.24) is 15.2 Å². The summed E-state index contributed by atoms with van der Waals surface area (Å²) < 4.78 is 0. The number of aromatic amines is 1. The third-order valence-corrected chi connectivity index (χ3v) is 8.40. The van der Waals surface area contributed by atoms with Crippen LogP contribution in [0.5, 0.6) is 0 Å². The molecule has 2 N–H and O–H groups in total. The van der Waals surface area contributed by atoms with Crippen LogP contribution in [-0.2, 0) is 17.8 Å². The summed E-state index contributed by atoms with van der Waals surface area (Å²) in [6.45, 7) is 4.46. The lowest BCUT2D eigenvalue weighted by Gasteiger charge is -2.36. The van der Waals surface area contributed by atoms with Crippen molar-refractivity contribution in [3.63, 3.8) is 0 Å². The number of urea groups is 1. The molecule has 42 heavy (non-hydrogen) atoms. The molecule has 5 aromatic rings. The number of imide groups is 1. The lowest BCUT2D eigenvalue weighted by molar-refractivity contribution is -0.120. The Morgan fingerprint density at radius 3 is 2.24 bits per heavy atom. The van der Waals surface area contributed by atoms with Crippen LogP contribution in [0.4, 0.5) is 10.5 Å². The molecule has 0 bridgehead atoms. The summed E-state index contributed by atoms with van der Waals surface area (Å²) in [4.78, 5) is 47.3. The second-order valence-electron chi connectivity index (χ2n) is 11.2. The van der Waals surface area contributed by atoms with Crippen LogP contribution in [-0.4, -0.2) is 33.8 Å². The molecule has 1 saturated heterocycles. The average molecular weight is 555 g/mol. The largest absolute Gasteiger partial charge is 0.356 e. The molecular weight excluding hydrogens is 524 g/mol. The fourth-order valence-corrected chi connectivity index (χ4v) is 6.16. The summed E-state index contributed by atoms with van der Waals surface area (Å²) in [6.07, 6.45) is 0.433. The summed E-state index contributed by atoms with van der Waals surface area (Å²) in [7, 11) is 0. The van der Waals surface area contributed by atoms with Crippen LogP contribution < -0.4 is 10.2 Å². The summed E-state index contributed by atoms with van der Waals surface area (Å²) >= 11 is 0. The summed E-state index contributed by atoms with van der Waals surface area (Å²) in [6, 6.07) is 29.4. The van der Waals surface area contributed by atoms with Crippen molar-refractivity contribution in [2.45, 2.75) is 38.9 Å². The molecule has 7 nitrogen and oxygen atoms in total. The Balaban J connectivity index is 1.19. The molecule has 7 heteroatoms. The van der Waals surface area contributed by atoms with Crippen molar-refractivity contribution in [2.75, 3.05) is 4.90 Å². The number of aryl methyl sites for hydroxylation is 2. The van der Waals surface area contributed by atoms with Gasteiger partial charge in [0, 0.05) is 35.1 Å². The number of para-hydroxylation sites is 1. The minimum Gasteiger partial charge on any atom is -0.356 e. The summed E-state index contributed by atoms with van der Waals surface area (Å²) in [5.74, 6) is -0.479.